The summed E-state index contributed by atoms with van der Waals surface area (Å²) in [6.07, 6.45) is 1.44. The van der Waals surface area contributed by atoms with Gasteiger partial charge in [-0.3, -0.25) is 9.59 Å². The van der Waals surface area contributed by atoms with E-state index in [4.69, 9.17) is 4.42 Å². The van der Waals surface area contributed by atoms with Crippen molar-refractivity contribution >= 4 is 29.3 Å². The summed E-state index contributed by atoms with van der Waals surface area (Å²) in [6.45, 7) is 4.13. The Morgan fingerprint density at radius 2 is 1.89 bits per heavy atom. The number of nitrogens with zero attached hydrogens (tertiary/aromatic N) is 3. The molecule has 0 atom stereocenters. The zero-order chi connectivity index (χ0) is 20.1. The number of rotatable bonds is 7. The van der Waals surface area contributed by atoms with Crippen LogP contribution in [-0.2, 0) is 18.4 Å². The van der Waals surface area contributed by atoms with Crippen molar-refractivity contribution in [2.45, 2.75) is 25.5 Å². The van der Waals surface area contributed by atoms with Crippen molar-refractivity contribution < 1.29 is 14.0 Å². The van der Waals surface area contributed by atoms with Gasteiger partial charge in [0.2, 0.25) is 5.91 Å². The quantitative estimate of drug-likeness (QED) is 0.592. The van der Waals surface area contributed by atoms with E-state index in [0.29, 0.717) is 11.0 Å². The van der Waals surface area contributed by atoms with Crippen molar-refractivity contribution in [1.82, 2.24) is 20.1 Å². The lowest BCUT2D eigenvalue weighted by molar-refractivity contribution is -0.113. The van der Waals surface area contributed by atoms with E-state index in [1.807, 2.05) is 32.0 Å². The first-order chi connectivity index (χ1) is 13.5. The maximum Gasteiger partial charge on any atom is 0.287 e. The number of aromatic nitrogens is 3. The molecule has 2 aromatic heterocycles. The third-order valence-corrected chi connectivity index (χ3v) is 5.18. The molecule has 0 saturated carbocycles. The number of benzene rings is 1. The van der Waals surface area contributed by atoms with E-state index in [-0.39, 0.29) is 29.9 Å². The van der Waals surface area contributed by atoms with Crippen LogP contribution < -0.4 is 10.6 Å². The Morgan fingerprint density at radius 3 is 2.57 bits per heavy atom. The number of hydrogen-bond donors (Lipinski definition) is 2. The maximum absolute atomic E-state index is 12.3. The fraction of sp³-hybridized carbons (Fsp3) is 0.263. The van der Waals surface area contributed by atoms with Crippen LogP contribution in [0, 0.1) is 13.8 Å². The van der Waals surface area contributed by atoms with Crippen molar-refractivity contribution in [3.05, 3.63) is 59.3 Å². The van der Waals surface area contributed by atoms with Gasteiger partial charge in [0.05, 0.1) is 18.6 Å². The second kappa shape index (κ2) is 8.75. The lowest BCUT2D eigenvalue weighted by Gasteiger charge is -2.11. The van der Waals surface area contributed by atoms with Crippen molar-refractivity contribution in [1.29, 1.82) is 0 Å². The summed E-state index contributed by atoms with van der Waals surface area (Å²) in [5.41, 5.74) is 2.88. The van der Waals surface area contributed by atoms with Gasteiger partial charge in [-0.15, -0.1) is 10.2 Å². The van der Waals surface area contributed by atoms with Crippen LogP contribution in [0.5, 0.6) is 0 Å². The molecule has 2 amide bonds. The van der Waals surface area contributed by atoms with E-state index in [9.17, 15) is 9.59 Å². The maximum atomic E-state index is 12.3. The molecular formula is C19H21N5O3S. The molecule has 0 fully saturated rings. The van der Waals surface area contributed by atoms with Crippen LogP contribution in [0.2, 0.25) is 0 Å². The molecule has 0 spiro atoms. The normalized spacial score (nSPS) is 10.7. The molecule has 3 aromatic rings. The van der Waals surface area contributed by atoms with Gasteiger partial charge in [-0.2, -0.15) is 0 Å². The second-order valence-corrected chi connectivity index (χ2v) is 7.16. The molecule has 0 aliphatic heterocycles. The topological polar surface area (TPSA) is 102 Å². The monoisotopic (exact) mass is 399 g/mol. The summed E-state index contributed by atoms with van der Waals surface area (Å²) in [6, 6.07) is 9.11. The van der Waals surface area contributed by atoms with Gasteiger partial charge in [0.15, 0.2) is 16.7 Å². The standard InChI is InChI=1S/C19H21N5O3S/c1-12-6-4-7-13(2)17(12)21-16(25)11-28-19-23-22-15(24(19)3)10-20-18(26)14-8-5-9-27-14/h4-9H,10-11H2,1-3H3,(H,20,26)(H,21,25). The number of carbonyl (C=O) groups is 2. The molecule has 0 unspecified atom stereocenters. The average molecular weight is 399 g/mol. The number of aryl methyl sites for hydroxylation is 2. The van der Waals surface area contributed by atoms with Crippen molar-refractivity contribution in [2.24, 2.45) is 7.05 Å². The minimum absolute atomic E-state index is 0.113. The molecule has 3 rings (SSSR count). The Labute approximate surface area is 166 Å². The van der Waals surface area contributed by atoms with Gasteiger partial charge in [0.25, 0.3) is 5.91 Å². The van der Waals surface area contributed by atoms with Crippen LogP contribution >= 0.6 is 11.8 Å². The molecule has 2 N–H and O–H groups in total. The van der Waals surface area contributed by atoms with Gasteiger partial charge < -0.3 is 19.6 Å². The Kier molecular flexibility index (Phi) is 6.15. The zero-order valence-electron chi connectivity index (χ0n) is 15.9. The average Bonchev–Trinajstić information content (AvgIpc) is 3.32. The molecule has 2 heterocycles. The first-order valence-electron chi connectivity index (χ1n) is 8.64. The van der Waals surface area contributed by atoms with Gasteiger partial charge in [-0.1, -0.05) is 30.0 Å². The number of hydrogen-bond acceptors (Lipinski definition) is 6. The van der Waals surface area contributed by atoms with E-state index in [1.165, 1.54) is 18.0 Å². The van der Waals surface area contributed by atoms with Crippen LogP contribution in [0.25, 0.3) is 0 Å². The molecule has 0 bridgehead atoms. The molecule has 146 valence electrons. The molecule has 0 aliphatic rings. The van der Waals surface area contributed by atoms with Gasteiger partial charge in [0.1, 0.15) is 0 Å². The van der Waals surface area contributed by atoms with E-state index >= 15 is 0 Å². The Morgan fingerprint density at radius 1 is 1.14 bits per heavy atom. The smallest absolute Gasteiger partial charge is 0.287 e. The fourth-order valence-electron chi connectivity index (χ4n) is 2.60. The third kappa shape index (κ3) is 4.61. The van der Waals surface area contributed by atoms with E-state index in [1.54, 1.807) is 23.7 Å². The lowest BCUT2D eigenvalue weighted by atomic mass is 10.1. The summed E-state index contributed by atoms with van der Waals surface area (Å²) < 4.78 is 6.80. The van der Waals surface area contributed by atoms with Crippen molar-refractivity contribution in [3.8, 4) is 0 Å². The molecule has 0 saturated heterocycles. The molecule has 28 heavy (non-hydrogen) atoms. The highest BCUT2D eigenvalue weighted by Crippen LogP contribution is 2.21. The highest BCUT2D eigenvalue weighted by molar-refractivity contribution is 7.99. The molecule has 8 nitrogen and oxygen atoms in total. The second-order valence-electron chi connectivity index (χ2n) is 6.22. The van der Waals surface area contributed by atoms with Crippen LogP contribution in [0.15, 0.2) is 46.2 Å². The van der Waals surface area contributed by atoms with Crippen LogP contribution in [0.4, 0.5) is 5.69 Å². The summed E-state index contributed by atoms with van der Waals surface area (Å²) in [5, 5.41) is 14.4. The molecular weight excluding hydrogens is 378 g/mol. The lowest BCUT2D eigenvalue weighted by Crippen LogP contribution is -2.24. The fourth-order valence-corrected chi connectivity index (χ4v) is 3.33. The number of thioether (sulfide) groups is 1. The Balaban J connectivity index is 1.54. The van der Waals surface area contributed by atoms with Gasteiger partial charge in [0, 0.05) is 12.7 Å². The largest absolute Gasteiger partial charge is 0.459 e. The van der Waals surface area contributed by atoms with Crippen molar-refractivity contribution in [2.75, 3.05) is 11.1 Å². The number of carbonyl (C=O) groups excluding carboxylic acids is 2. The summed E-state index contributed by atoms with van der Waals surface area (Å²) in [4.78, 5) is 24.2. The zero-order valence-corrected chi connectivity index (χ0v) is 16.7. The predicted molar refractivity (Wildman–Crippen MR) is 106 cm³/mol. The van der Waals surface area contributed by atoms with Gasteiger partial charge in [-0.25, -0.2) is 0 Å². The van der Waals surface area contributed by atoms with E-state index < -0.39 is 0 Å². The molecule has 0 aliphatic carbocycles. The Bertz CT molecular complexity index is 961. The molecule has 0 radical (unpaired) electrons. The van der Waals surface area contributed by atoms with E-state index in [2.05, 4.69) is 20.8 Å². The highest BCUT2D eigenvalue weighted by atomic mass is 32.2. The van der Waals surface area contributed by atoms with Crippen molar-refractivity contribution in [3.63, 3.8) is 0 Å². The summed E-state index contributed by atoms with van der Waals surface area (Å²) in [7, 11) is 1.79. The van der Waals surface area contributed by atoms with Gasteiger partial charge >= 0.3 is 0 Å². The first-order valence-corrected chi connectivity index (χ1v) is 9.63. The van der Waals surface area contributed by atoms with Crippen LogP contribution in [0.3, 0.4) is 0 Å². The minimum Gasteiger partial charge on any atom is -0.459 e. The number of furan rings is 1. The minimum atomic E-state index is -0.324. The third-order valence-electron chi connectivity index (χ3n) is 4.16. The molecule has 1 aromatic carbocycles. The predicted octanol–water partition coefficient (Wildman–Crippen LogP) is 2.69. The Hall–Kier alpha value is -3.07. The number of anilines is 1. The van der Waals surface area contributed by atoms with Crippen LogP contribution in [0.1, 0.15) is 27.5 Å². The summed E-state index contributed by atoms with van der Waals surface area (Å²) >= 11 is 1.29. The van der Waals surface area contributed by atoms with E-state index in [0.717, 1.165) is 16.8 Å². The summed E-state index contributed by atoms with van der Waals surface area (Å²) in [5.74, 6) is 0.587. The number of nitrogens with one attached hydrogen (secondary N) is 2. The first kappa shape index (κ1) is 19.7. The van der Waals surface area contributed by atoms with Crippen LogP contribution in [-0.4, -0.2) is 32.3 Å². The molecule has 9 heteroatoms. The SMILES string of the molecule is Cc1cccc(C)c1NC(=O)CSc1nnc(CNC(=O)c2ccco2)n1C. The number of amides is 2. The highest BCUT2D eigenvalue weighted by Gasteiger charge is 2.14. The number of para-hydroxylation sites is 1. The van der Waals surface area contributed by atoms with Gasteiger partial charge in [-0.05, 0) is 37.1 Å².